The lowest BCUT2D eigenvalue weighted by molar-refractivity contribution is 0.258. The first kappa shape index (κ1) is 20.5. The zero-order valence-corrected chi connectivity index (χ0v) is 18.4. The van der Waals surface area contributed by atoms with E-state index in [9.17, 15) is 8.42 Å². The SMILES string of the molecule is CC(C)COc1ccc(-c2cccc(NS(=O)(=O)c3ccc(I)cc3)c2)nn1. The number of halogens is 1. The second-order valence-corrected chi connectivity index (χ2v) is 9.53. The summed E-state index contributed by atoms with van der Waals surface area (Å²) < 4.78 is 34.3. The molecule has 146 valence electrons. The molecule has 3 aromatic rings. The second kappa shape index (κ2) is 8.87. The Labute approximate surface area is 178 Å². The molecule has 1 N–H and O–H groups in total. The van der Waals surface area contributed by atoms with Crippen LogP contribution in [-0.2, 0) is 10.0 Å². The van der Waals surface area contributed by atoms with Gasteiger partial charge in [-0.15, -0.1) is 10.2 Å². The van der Waals surface area contributed by atoms with Crippen LogP contribution in [0.5, 0.6) is 5.88 Å². The molecule has 0 bridgehead atoms. The van der Waals surface area contributed by atoms with Gasteiger partial charge in [-0.1, -0.05) is 26.0 Å². The van der Waals surface area contributed by atoms with Gasteiger partial charge in [-0.25, -0.2) is 8.42 Å². The maximum Gasteiger partial charge on any atom is 0.261 e. The van der Waals surface area contributed by atoms with Crippen LogP contribution in [0, 0.1) is 9.49 Å². The summed E-state index contributed by atoms with van der Waals surface area (Å²) in [7, 11) is -3.66. The average Bonchev–Trinajstić information content (AvgIpc) is 2.67. The minimum atomic E-state index is -3.66. The lowest BCUT2D eigenvalue weighted by atomic mass is 10.1. The maximum absolute atomic E-state index is 12.6. The lowest BCUT2D eigenvalue weighted by Gasteiger charge is -2.10. The molecule has 28 heavy (non-hydrogen) atoms. The third kappa shape index (κ3) is 5.41. The third-order valence-corrected chi connectivity index (χ3v) is 5.86. The number of ether oxygens (including phenoxy) is 1. The summed E-state index contributed by atoms with van der Waals surface area (Å²) in [5.74, 6) is 0.868. The van der Waals surface area contributed by atoms with E-state index < -0.39 is 10.0 Å². The van der Waals surface area contributed by atoms with Gasteiger partial charge in [0.15, 0.2) is 0 Å². The fourth-order valence-electron chi connectivity index (χ4n) is 2.37. The number of hydrogen-bond acceptors (Lipinski definition) is 5. The molecule has 2 aromatic carbocycles. The molecule has 0 radical (unpaired) electrons. The summed E-state index contributed by atoms with van der Waals surface area (Å²) in [6.07, 6.45) is 0. The van der Waals surface area contributed by atoms with Crippen LogP contribution < -0.4 is 9.46 Å². The van der Waals surface area contributed by atoms with Crippen LogP contribution in [0.1, 0.15) is 13.8 Å². The van der Waals surface area contributed by atoms with Gasteiger partial charge in [-0.05, 0) is 71.0 Å². The van der Waals surface area contributed by atoms with Crippen LogP contribution in [0.15, 0.2) is 65.6 Å². The summed E-state index contributed by atoms with van der Waals surface area (Å²) in [5.41, 5.74) is 1.84. The van der Waals surface area contributed by atoms with E-state index in [1.165, 1.54) is 0 Å². The van der Waals surface area contributed by atoms with Gasteiger partial charge in [0, 0.05) is 20.9 Å². The second-order valence-electron chi connectivity index (χ2n) is 6.60. The standard InChI is InChI=1S/C20H20IN3O3S/c1-14(2)13-27-20-11-10-19(22-23-20)15-4-3-5-17(12-15)24-28(25,26)18-8-6-16(21)7-9-18/h3-12,14,24H,13H2,1-2H3. The molecule has 0 saturated heterocycles. The van der Waals surface area contributed by atoms with E-state index in [-0.39, 0.29) is 4.90 Å². The Hall–Kier alpha value is -2.20. The predicted molar refractivity (Wildman–Crippen MR) is 118 cm³/mol. The van der Waals surface area contributed by atoms with Crippen molar-refractivity contribution in [2.75, 3.05) is 11.3 Å². The van der Waals surface area contributed by atoms with Crippen LogP contribution >= 0.6 is 22.6 Å². The fraction of sp³-hybridized carbons (Fsp3) is 0.200. The van der Waals surface area contributed by atoms with E-state index >= 15 is 0 Å². The Balaban J connectivity index is 1.77. The smallest absolute Gasteiger partial charge is 0.261 e. The first-order chi connectivity index (χ1) is 13.3. The van der Waals surface area contributed by atoms with E-state index in [4.69, 9.17) is 4.74 Å². The van der Waals surface area contributed by atoms with Crippen molar-refractivity contribution in [3.05, 3.63) is 64.2 Å². The highest BCUT2D eigenvalue weighted by atomic mass is 127. The maximum atomic E-state index is 12.6. The van der Waals surface area contributed by atoms with Gasteiger partial charge in [0.05, 0.1) is 17.2 Å². The van der Waals surface area contributed by atoms with Gasteiger partial charge in [-0.2, -0.15) is 0 Å². The number of rotatable bonds is 7. The molecule has 0 atom stereocenters. The van der Waals surface area contributed by atoms with Crippen LogP contribution in [0.4, 0.5) is 5.69 Å². The molecular formula is C20H20IN3O3S. The molecule has 0 aliphatic carbocycles. The van der Waals surface area contributed by atoms with Gasteiger partial charge in [-0.3, -0.25) is 4.72 Å². The summed E-state index contributed by atoms with van der Waals surface area (Å²) in [6.45, 7) is 4.69. The summed E-state index contributed by atoms with van der Waals surface area (Å²) in [6, 6.07) is 17.3. The molecule has 6 nitrogen and oxygen atoms in total. The number of sulfonamides is 1. The highest BCUT2D eigenvalue weighted by molar-refractivity contribution is 14.1. The molecule has 0 amide bonds. The average molecular weight is 509 g/mol. The number of aromatic nitrogens is 2. The van der Waals surface area contributed by atoms with Crippen molar-refractivity contribution in [2.24, 2.45) is 5.92 Å². The van der Waals surface area contributed by atoms with Gasteiger partial charge >= 0.3 is 0 Å². The molecule has 0 fully saturated rings. The molecule has 0 aliphatic rings. The number of anilines is 1. The summed E-state index contributed by atoms with van der Waals surface area (Å²) >= 11 is 2.13. The van der Waals surface area contributed by atoms with E-state index in [1.54, 1.807) is 54.6 Å². The zero-order chi connectivity index (χ0) is 20.1. The zero-order valence-electron chi connectivity index (χ0n) is 15.5. The molecule has 0 aliphatic heterocycles. The molecule has 0 saturated carbocycles. The summed E-state index contributed by atoms with van der Waals surface area (Å²) in [4.78, 5) is 0.213. The van der Waals surface area contributed by atoms with E-state index in [0.29, 0.717) is 29.8 Å². The van der Waals surface area contributed by atoms with E-state index in [0.717, 1.165) is 9.13 Å². The van der Waals surface area contributed by atoms with Gasteiger partial charge < -0.3 is 4.74 Å². The molecule has 0 unspecified atom stereocenters. The van der Waals surface area contributed by atoms with Crippen LogP contribution in [-0.4, -0.2) is 25.2 Å². The Morgan fingerprint density at radius 1 is 1.04 bits per heavy atom. The molecule has 3 rings (SSSR count). The van der Waals surface area contributed by atoms with Crippen molar-refractivity contribution in [1.29, 1.82) is 0 Å². The number of nitrogens with one attached hydrogen (secondary N) is 1. The Bertz CT molecular complexity index is 1040. The molecule has 1 aromatic heterocycles. The van der Waals surface area contributed by atoms with Crippen molar-refractivity contribution >= 4 is 38.3 Å². The van der Waals surface area contributed by atoms with Crippen LogP contribution in [0.2, 0.25) is 0 Å². The minimum Gasteiger partial charge on any atom is -0.476 e. The van der Waals surface area contributed by atoms with Crippen LogP contribution in [0.25, 0.3) is 11.3 Å². The first-order valence-corrected chi connectivity index (χ1v) is 11.2. The van der Waals surface area contributed by atoms with Gasteiger partial charge in [0.2, 0.25) is 5.88 Å². The largest absolute Gasteiger partial charge is 0.476 e. The number of nitrogens with zero attached hydrogens (tertiary/aromatic N) is 2. The Morgan fingerprint density at radius 2 is 1.79 bits per heavy atom. The fourth-order valence-corrected chi connectivity index (χ4v) is 3.78. The van der Waals surface area contributed by atoms with Gasteiger partial charge in [0.25, 0.3) is 10.0 Å². The normalized spacial score (nSPS) is 11.4. The Morgan fingerprint density at radius 3 is 2.43 bits per heavy atom. The number of hydrogen-bond donors (Lipinski definition) is 1. The topological polar surface area (TPSA) is 81.2 Å². The van der Waals surface area contributed by atoms with E-state index in [2.05, 4.69) is 51.4 Å². The molecule has 1 heterocycles. The Kier molecular flexibility index (Phi) is 6.50. The third-order valence-electron chi connectivity index (χ3n) is 3.74. The van der Waals surface area contributed by atoms with Crippen molar-refractivity contribution in [3.63, 3.8) is 0 Å². The van der Waals surface area contributed by atoms with Crippen molar-refractivity contribution in [2.45, 2.75) is 18.7 Å². The quantitative estimate of drug-likeness (QED) is 0.472. The summed E-state index contributed by atoms with van der Waals surface area (Å²) in [5, 5.41) is 8.25. The molecule has 0 spiro atoms. The van der Waals surface area contributed by atoms with Crippen LogP contribution in [0.3, 0.4) is 0 Å². The van der Waals surface area contributed by atoms with Crippen molar-refractivity contribution < 1.29 is 13.2 Å². The number of benzene rings is 2. The first-order valence-electron chi connectivity index (χ1n) is 8.69. The lowest BCUT2D eigenvalue weighted by Crippen LogP contribution is -2.12. The highest BCUT2D eigenvalue weighted by Gasteiger charge is 2.14. The van der Waals surface area contributed by atoms with Crippen molar-refractivity contribution in [1.82, 2.24) is 10.2 Å². The molecule has 8 heteroatoms. The van der Waals surface area contributed by atoms with Gasteiger partial charge in [0.1, 0.15) is 0 Å². The van der Waals surface area contributed by atoms with E-state index in [1.807, 2.05) is 6.07 Å². The predicted octanol–water partition coefficient (Wildman–Crippen LogP) is 4.58. The molecular weight excluding hydrogens is 489 g/mol. The monoisotopic (exact) mass is 509 g/mol. The minimum absolute atomic E-state index is 0.213. The highest BCUT2D eigenvalue weighted by Crippen LogP contribution is 2.24. The van der Waals surface area contributed by atoms with Crippen molar-refractivity contribution in [3.8, 4) is 17.1 Å².